The van der Waals surface area contributed by atoms with Gasteiger partial charge in [-0.2, -0.15) is 0 Å². The van der Waals surface area contributed by atoms with Crippen LogP contribution in [0.15, 0.2) is 30.0 Å². The minimum Gasteiger partial charge on any atom is -0.377 e. The molecule has 0 aliphatic carbocycles. The van der Waals surface area contributed by atoms with Crippen molar-refractivity contribution >= 4 is 23.1 Å². The number of nitrogens with zero attached hydrogens (tertiary/aromatic N) is 4. The highest BCUT2D eigenvalue weighted by molar-refractivity contribution is 6.35. The second-order valence-electron chi connectivity index (χ2n) is 7.50. The Morgan fingerprint density at radius 2 is 1.69 bits per heavy atom. The van der Waals surface area contributed by atoms with Gasteiger partial charge >= 0.3 is 0 Å². The second-order valence-corrected chi connectivity index (χ2v) is 7.50. The number of amides is 2. The molecule has 1 saturated heterocycles. The van der Waals surface area contributed by atoms with Crippen LogP contribution in [-0.2, 0) is 14.3 Å². The van der Waals surface area contributed by atoms with Gasteiger partial charge in [-0.25, -0.2) is 0 Å². The summed E-state index contributed by atoms with van der Waals surface area (Å²) in [6.45, 7) is 7.06. The lowest BCUT2D eigenvalue weighted by molar-refractivity contribution is -0.384. The summed E-state index contributed by atoms with van der Waals surface area (Å²) in [5.41, 5.74) is 1.13. The van der Waals surface area contributed by atoms with Gasteiger partial charge in [0, 0.05) is 38.3 Å². The van der Waals surface area contributed by atoms with Crippen molar-refractivity contribution in [2.24, 2.45) is 0 Å². The molecule has 0 aromatic heterocycles. The first-order valence-corrected chi connectivity index (χ1v) is 9.70. The van der Waals surface area contributed by atoms with E-state index in [-0.39, 0.29) is 36.8 Å². The van der Waals surface area contributed by atoms with E-state index in [2.05, 4.69) is 4.90 Å². The first-order valence-electron chi connectivity index (χ1n) is 9.70. The molecule has 0 radical (unpaired) electrons. The van der Waals surface area contributed by atoms with E-state index in [0.717, 1.165) is 13.1 Å². The lowest BCUT2D eigenvalue weighted by Gasteiger charge is -2.34. The van der Waals surface area contributed by atoms with Gasteiger partial charge in [0.05, 0.1) is 29.8 Å². The Balaban J connectivity index is 1.94. The van der Waals surface area contributed by atoms with Crippen LogP contribution in [0.4, 0.5) is 5.69 Å². The Bertz CT molecular complexity index is 826. The SMILES string of the molecule is CC(C)OCCN1C(=O)C(c2ccc([N+](=O)[O-])cc2)=C(N2CCN(C)CC2)C1=O. The van der Waals surface area contributed by atoms with Crippen LogP contribution in [0.1, 0.15) is 19.4 Å². The summed E-state index contributed by atoms with van der Waals surface area (Å²) in [4.78, 5) is 42.1. The molecule has 9 nitrogen and oxygen atoms in total. The quantitative estimate of drug-likeness (QED) is 0.386. The molecule has 0 unspecified atom stereocenters. The predicted molar refractivity (Wildman–Crippen MR) is 107 cm³/mol. The number of carbonyl (C=O) groups excluding carboxylic acids is 2. The maximum atomic E-state index is 13.2. The number of benzene rings is 1. The van der Waals surface area contributed by atoms with Gasteiger partial charge in [0.25, 0.3) is 17.5 Å². The van der Waals surface area contributed by atoms with E-state index in [9.17, 15) is 19.7 Å². The molecule has 0 saturated carbocycles. The second kappa shape index (κ2) is 8.71. The van der Waals surface area contributed by atoms with Crippen LogP contribution < -0.4 is 0 Å². The number of hydrogen-bond donors (Lipinski definition) is 0. The monoisotopic (exact) mass is 402 g/mol. The highest BCUT2D eigenvalue weighted by Crippen LogP contribution is 2.32. The number of carbonyl (C=O) groups is 2. The number of non-ortho nitro benzene ring substituents is 1. The number of nitro groups is 1. The summed E-state index contributed by atoms with van der Waals surface area (Å²) in [6, 6.07) is 5.77. The Hall–Kier alpha value is -2.78. The normalized spacial score (nSPS) is 18.3. The summed E-state index contributed by atoms with van der Waals surface area (Å²) in [5, 5.41) is 11.0. The van der Waals surface area contributed by atoms with Crippen molar-refractivity contribution in [1.29, 1.82) is 0 Å². The first-order chi connectivity index (χ1) is 13.8. The number of hydrogen-bond acceptors (Lipinski definition) is 7. The van der Waals surface area contributed by atoms with Crippen LogP contribution >= 0.6 is 0 Å². The van der Waals surface area contributed by atoms with Crippen molar-refractivity contribution in [2.75, 3.05) is 46.4 Å². The minimum absolute atomic E-state index is 0.00186. The maximum Gasteiger partial charge on any atom is 0.277 e. The molecule has 2 amide bonds. The number of piperazine rings is 1. The molecule has 156 valence electrons. The number of nitro benzene ring substituents is 1. The third-order valence-electron chi connectivity index (χ3n) is 5.10. The van der Waals surface area contributed by atoms with E-state index in [1.165, 1.54) is 29.2 Å². The molecule has 0 N–H and O–H groups in total. The fourth-order valence-corrected chi connectivity index (χ4v) is 3.48. The first kappa shape index (κ1) is 20.9. The van der Waals surface area contributed by atoms with Gasteiger partial charge in [-0.15, -0.1) is 0 Å². The minimum atomic E-state index is -0.489. The smallest absolute Gasteiger partial charge is 0.277 e. The van der Waals surface area contributed by atoms with Gasteiger partial charge in [-0.05, 0) is 38.6 Å². The summed E-state index contributed by atoms with van der Waals surface area (Å²) >= 11 is 0. The number of imide groups is 1. The Morgan fingerprint density at radius 3 is 2.24 bits per heavy atom. The average molecular weight is 402 g/mol. The van der Waals surface area contributed by atoms with Gasteiger partial charge in [-0.1, -0.05) is 0 Å². The van der Waals surface area contributed by atoms with Crippen LogP contribution in [0.25, 0.3) is 5.57 Å². The van der Waals surface area contributed by atoms with Gasteiger partial charge in [0.15, 0.2) is 0 Å². The number of ether oxygens (including phenoxy) is 1. The topological polar surface area (TPSA) is 96.2 Å². The van der Waals surface area contributed by atoms with Crippen molar-refractivity contribution in [3.05, 3.63) is 45.6 Å². The molecular weight excluding hydrogens is 376 g/mol. The zero-order chi connectivity index (χ0) is 21.1. The molecule has 0 bridgehead atoms. The van der Waals surface area contributed by atoms with Crippen molar-refractivity contribution in [2.45, 2.75) is 20.0 Å². The van der Waals surface area contributed by atoms with E-state index in [0.29, 0.717) is 29.9 Å². The van der Waals surface area contributed by atoms with Crippen LogP contribution in [0.2, 0.25) is 0 Å². The molecule has 2 aliphatic rings. The largest absolute Gasteiger partial charge is 0.377 e. The standard InChI is InChI=1S/C20H26N4O5/c1-14(2)29-13-12-23-19(25)17(15-4-6-16(7-5-15)24(27)28)18(20(23)26)22-10-8-21(3)9-11-22/h4-7,14H,8-13H2,1-3H3. The van der Waals surface area contributed by atoms with E-state index in [1.807, 2.05) is 25.8 Å². The molecule has 1 aromatic rings. The predicted octanol–water partition coefficient (Wildman–Crippen LogP) is 1.35. The van der Waals surface area contributed by atoms with Crippen molar-refractivity contribution in [3.63, 3.8) is 0 Å². The molecule has 1 aromatic carbocycles. The Kier molecular flexibility index (Phi) is 6.29. The molecule has 3 rings (SSSR count). The Morgan fingerprint density at radius 1 is 1.07 bits per heavy atom. The van der Waals surface area contributed by atoms with Crippen molar-refractivity contribution < 1.29 is 19.2 Å². The zero-order valence-electron chi connectivity index (χ0n) is 17.0. The fraction of sp³-hybridized carbons (Fsp3) is 0.500. The Labute approximate surface area is 169 Å². The summed E-state index contributed by atoms with van der Waals surface area (Å²) < 4.78 is 5.52. The van der Waals surface area contributed by atoms with Gasteiger partial charge in [0.2, 0.25) is 0 Å². The molecule has 2 heterocycles. The molecule has 0 spiro atoms. The summed E-state index contributed by atoms with van der Waals surface area (Å²) in [7, 11) is 2.01. The molecule has 2 aliphatic heterocycles. The van der Waals surface area contributed by atoms with Gasteiger partial charge < -0.3 is 14.5 Å². The highest BCUT2D eigenvalue weighted by atomic mass is 16.6. The van der Waals surface area contributed by atoms with E-state index >= 15 is 0 Å². The maximum absolute atomic E-state index is 13.2. The molecule has 0 atom stereocenters. The molecular formula is C20H26N4O5. The summed E-state index contributed by atoms with van der Waals surface area (Å²) in [6.07, 6.45) is 0.00186. The molecule has 1 fully saturated rings. The number of likely N-dealkylation sites (N-methyl/N-ethyl adjacent to an activating group) is 1. The van der Waals surface area contributed by atoms with Crippen molar-refractivity contribution in [3.8, 4) is 0 Å². The molecule has 29 heavy (non-hydrogen) atoms. The third-order valence-corrected chi connectivity index (χ3v) is 5.10. The summed E-state index contributed by atoms with van der Waals surface area (Å²) in [5.74, 6) is -0.717. The third kappa shape index (κ3) is 4.46. The van der Waals surface area contributed by atoms with Crippen LogP contribution in [-0.4, -0.2) is 83.9 Å². The van der Waals surface area contributed by atoms with Crippen LogP contribution in [0.3, 0.4) is 0 Å². The highest BCUT2D eigenvalue weighted by Gasteiger charge is 2.41. The zero-order valence-corrected chi connectivity index (χ0v) is 17.0. The lowest BCUT2D eigenvalue weighted by Crippen LogP contribution is -2.46. The van der Waals surface area contributed by atoms with E-state index < -0.39 is 4.92 Å². The van der Waals surface area contributed by atoms with Crippen molar-refractivity contribution in [1.82, 2.24) is 14.7 Å². The molecule has 9 heteroatoms. The van der Waals surface area contributed by atoms with Crippen LogP contribution in [0.5, 0.6) is 0 Å². The van der Waals surface area contributed by atoms with E-state index in [4.69, 9.17) is 4.74 Å². The average Bonchev–Trinajstić information content (AvgIpc) is 2.93. The van der Waals surface area contributed by atoms with E-state index in [1.54, 1.807) is 0 Å². The number of rotatable bonds is 7. The fourth-order valence-electron chi connectivity index (χ4n) is 3.48. The van der Waals surface area contributed by atoms with Gasteiger partial charge in [-0.3, -0.25) is 24.6 Å². The van der Waals surface area contributed by atoms with Gasteiger partial charge in [0.1, 0.15) is 5.70 Å². The lowest BCUT2D eigenvalue weighted by atomic mass is 10.0. The van der Waals surface area contributed by atoms with Crippen LogP contribution in [0, 0.1) is 10.1 Å².